The molecule has 198 valence electrons. The number of hydrogen-bond acceptors (Lipinski definition) is 6. The van der Waals surface area contributed by atoms with E-state index in [0.717, 1.165) is 34.4 Å². The van der Waals surface area contributed by atoms with Crippen LogP contribution in [0.5, 0.6) is 17.2 Å². The Morgan fingerprint density at radius 3 is 2.50 bits per heavy atom. The molecule has 1 amide bonds. The number of aliphatic carboxylic acids is 1. The molecule has 2 heterocycles. The first-order valence-corrected chi connectivity index (χ1v) is 12.8. The van der Waals surface area contributed by atoms with E-state index in [4.69, 9.17) is 14.2 Å². The van der Waals surface area contributed by atoms with Crippen molar-refractivity contribution in [1.29, 1.82) is 0 Å². The molecule has 0 aromatic heterocycles. The number of carbonyl (C=O) groups is 2. The van der Waals surface area contributed by atoms with Crippen molar-refractivity contribution in [3.8, 4) is 17.2 Å². The number of methoxy groups -OCH3 is 1. The highest BCUT2D eigenvalue weighted by Crippen LogP contribution is 2.47. The second-order valence-corrected chi connectivity index (χ2v) is 9.74. The Kier molecular flexibility index (Phi) is 7.24. The largest absolute Gasteiger partial charge is 0.497 e. The molecule has 0 aliphatic carbocycles. The molecule has 2 N–H and O–H groups in total. The molecule has 38 heavy (non-hydrogen) atoms. The van der Waals surface area contributed by atoms with Gasteiger partial charge in [0, 0.05) is 24.2 Å². The fourth-order valence-corrected chi connectivity index (χ4v) is 5.64. The lowest BCUT2D eigenvalue weighted by Gasteiger charge is -2.27. The maximum absolute atomic E-state index is 13.4. The van der Waals surface area contributed by atoms with Gasteiger partial charge in [0.25, 0.3) is 0 Å². The average Bonchev–Trinajstić information content (AvgIpc) is 3.54. The van der Waals surface area contributed by atoms with Crippen LogP contribution in [-0.2, 0) is 16.0 Å². The lowest BCUT2D eigenvalue weighted by Crippen LogP contribution is -2.35. The highest BCUT2D eigenvalue weighted by atomic mass is 16.7. The number of hydrogen-bond donors (Lipinski definition) is 2. The SMILES string of the molecule is CCc1cccc(C)c1NC(=O)CN1C[C@@H](c2ccc3c(c2)OCO3)[C@H](C(=O)O)[C@H]1c1ccc(OC)cc1. The van der Waals surface area contributed by atoms with E-state index in [1.165, 1.54) is 0 Å². The Bertz CT molecular complexity index is 1340. The molecule has 8 heteroatoms. The lowest BCUT2D eigenvalue weighted by molar-refractivity contribution is -0.143. The van der Waals surface area contributed by atoms with Crippen molar-refractivity contribution in [1.82, 2.24) is 4.90 Å². The molecule has 1 saturated heterocycles. The predicted octanol–water partition coefficient (Wildman–Crippen LogP) is 4.77. The Morgan fingerprint density at radius 2 is 1.79 bits per heavy atom. The maximum Gasteiger partial charge on any atom is 0.309 e. The third-order valence-corrected chi connectivity index (χ3v) is 7.52. The molecule has 0 spiro atoms. The van der Waals surface area contributed by atoms with E-state index >= 15 is 0 Å². The second-order valence-electron chi connectivity index (χ2n) is 9.74. The predicted molar refractivity (Wildman–Crippen MR) is 143 cm³/mol. The number of carboxylic acids is 1. The van der Waals surface area contributed by atoms with Gasteiger partial charge in [-0.25, -0.2) is 0 Å². The third kappa shape index (κ3) is 4.91. The molecule has 3 atom stereocenters. The number of fused-ring (bicyclic) bond motifs is 1. The Labute approximate surface area is 222 Å². The number of ether oxygens (including phenoxy) is 3. The van der Waals surface area contributed by atoms with Crippen molar-refractivity contribution >= 4 is 17.6 Å². The molecule has 2 aliphatic rings. The summed E-state index contributed by atoms with van der Waals surface area (Å²) in [6.07, 6.45) is 0.794. The molecule has 8 nitrogen and oxygen atoms in total. The first-order chi connectivity index (χ1) is 18.4. The maximum atomic E-state index is 13.4. The zero-order valence-corrected chi connectivity index (χ0v) is 21.8. The normalized spacial score (nSPS) is 20.3. The van der Waals surface area contributed by atoms with Crippen LogP contribution in [0.3, 0.4) is 0 Å². The Balaban J connectivity index is 1.48. The van der Waals surface area contributed by atoms with E-state index in [2.05, 4.69) is 12.2 Å². The second kappa shape index (κ2) is 10.8. The molecule has 0 unspecified atom stereocenters. The van der Waals surface area contributed by atoms with Crippen LogP contribution in [0.25, 0.3) is 0 Å². The number of para-hydroxylation sites is 1. The van der Waals surface area contributed by atoms with Gasteiger partial charge >= 0.3 is 5.97 Å². The number of likely N-dealkylation sites (tertiary alicyclic amines) is 1. The van der Waals surface area contributed by atoms with Gasteiger partial charge in [-0.2, -0.15) is 0 Å². The van der Waals surface area contributed by atoms with Crippen molar-refractivity contribution in [3.63, 3.8) is 0 Å². The minimum absolute atomic E-state index is 0.0546. The average molecular weight is 517 g/mol. The van der Waals surface area contributed by atoms with E-state index in [9.17, 15) is 14.7 Å². The fraction of sp³-hybridized carbons (Fsp3) is 0.333. The van der Waals surface area contributed by atoms with Gasteiger partial charge in [-0.3, -0.25) is 14.5 Å². The van der Waals surface area contributed by atoms with Crippen LogP contribution in [0.15, 0.2) is 60.7 Å². The summed E-state index contributed by atoms with van der Waals surface area (Å²) in [5.74, 6) is -0.289. The molecular formula is C30H32N2O6. The summed E-state index contributed by atoms with van der Waals surface area (Å²) >= 11 is 0. The first kappa shape index (κ1) is 25.6. The van der Waals surface area contributed by atoms with E-state index in [1.807, 2.05) is 72.5 Å². The third-order valence-electron chi connectivity index (χ3n) is 7.52. The summed E-state index contributed by atoms with van der Waals surface area (Å²) in [5, 5.41) is 13.5. The van der Waals surface area contributed by atoms with Crippen LogP contribution in [0.2, 0.25) is 0 Å². The van der Waals surface area contributed by atoms with Gasteiger partial charge in [0.05, 0.1) is 19.6 Å². The standard InChI is InChI=1S/C30H32N2O6/c1-4-19-7-5-6-18(2)28(19)31-26(33)16-32-15-23(21-10-13-24-25(14-21)38-17-37-24)27(30(34)35)29(32)20-8-11-22(36-3)12-9-20/h5-14,23,27,29H,4,15-17H2,1-3H3,(H,31,33)(H,34,35)/t23-,27-,29+/m0/s1. The van der Waals surface area contributed by atoms with Crippen molar-refractivity contribution in [2.24, 2.45) is 5.92 Å². The zero-order valence-electron chi connectivity index (χ0n) is 21.8. The number of nitrogens with zero attached hydrogens (tertiary/aromatic N) is 1. The van der Waals surface area contributed by atoms with Gasteiger partial charge in [0.1, 0.15) is 5.75 Å². The number of carboxylic acid groups (broad SMARTS) is 1. The molecule has 0 radical (unpaired) electrons. The zero-order chi connectivity index (χ0) is 26.8. The van der Waals surface area contributed by atoms with Crippen LogP contribution in [-0.4, -0.2) is 48.9 Å². The highest BCUT2D eigenvalue weighted by Gasteiger charge is 2.48. The van der Waals surface area contributed by atoms with E-state index in [1.54, 1.807) is 7.11 Å². The van der Waals surface area contributed by atoms with Crippen LogP contribution in [0, 0.1) is 12.8 Å². The number of rotatable bonds is 8. The summed E-state index contributed by atoms with van der Waals surface area (Å²) in [6.45, 7) is 4.62. The van der Waals surface area contributed by atoms with Gasteiger partial charge in [0.2, 0.25) is 12.7 Å². The molecule has 3 aromatic carbocycles. The van der Waals surface area contributed by atoms with E-state index in [-0.39, 0.29) is 25.2 Å². The van der Waals surface area contributed by atoms with Gasteiger partial charge < -0.3 is 24.6 Å². The fourth-order valence-electron chi connectivity index (χ4n) is 5.64. The van der Waals surface area contributed by atoms with Gasteiger partial charge in [-0.1, -0.05) is 43.3 Å². The molecule has 5 rings (SSSR count). The summed E-state index contributed by atoms with van der Waals surface area (Å²) in [5.41, 5.74) is 4.54. The topological polar surface area (TPSA) is 97.3 Å². The van der Waals surface area contributed by atoms with Crippen LogP contribution in [0.1, 0.15) is 41.1 Å². The van der Waals surface area contributed by atoms with Crippen LogP contribution < -0.4 is 19.5 Å². The molecule has 0 bridgehead atoms. The minimum atomic E-state index is -0.913. The van der Waals surface area contributed by atoms with Crippen molar-refractivity contribution in [2.75, 3.05) is 32.3 Å². The van der Waals surface area contributed by atoms with Crippen molar-refractivity contribution in [3.05, 3.63) is 82.9 Å². The Hall–Kier alpha value is -4.04. The molecule has 1 fully saturated rings. The number of anilines is 1. The van der Waals surface area contributed by atoms with Gasteiger partial charge in [0.15, 0.2) is 11.5 Å². The summed E-state index contributed by atoms with van der Waals surface area (Å²) < 4.78 is 16.3. The van der Waals surface area contributed by atoms with Crippen LogP contribution >= 0.6 is 0 Å². The van der Waals surface area contributed by atoms with Crippen molar-refractivity contribution in [2.45, 2.75) is 32.2 Å². The Morgan fingerprint density at radius 1 is 1.05 bits per heavy atom. The smallest absolute Gasteiger partial charge is 0.309 e. The van der Waals surface area contributed by atoms with Crippen molar-refractivity contribution < 1.29 is 28.9 Å². The molecule has 3 aromatic rings. The number of aryl methyl sites for hydroxylation is 2. The summed E-state index contributed by atoms with van der Waals surface area (Å²) in [4.78, 5) is 28.1. The number of amides is 1. The quantitative estimate of drug-likeness (QED) is 0.445. The number of carbonyl (C=O) groups excluding carboxylic acids is 1. The molecule has 0 saturated carbocycles. The first-order valence-electron chi connectivity index (χ1n) is 12.8. The summed E-state index contributed by atoms with van der Waals surface area (Å²) in [7, 11) is 1.59. The van der Waals surface area contributed by atoms with Gasteiger partial charge in [-0.05, 0) is 59.9 Å². The molecule has 2 aliphatic heterocycles. The lowest BCUT2D eigenvalue weighted by atomic mass is 9.82. The van der Waals surface area contributed by atoms with Crippen LogP contribution in [0.4, 0.5) is 5.69 Å². The monoisotopic (exact) mass is 516 g/mol. The summed E-state index contributed by atoms with van der Waals surface area (Å²) in [6, 6.07) is 18.4. The minimum Gasteiger partial charge on any atom is -0.497 e. The van der Waals surface area contributed by atoms with Gasteiger partial charge in [-0.15, -0.1) is 0 Å². The van der Waals surface area contributed by atoms with E-state index < -0.39 is 17.9 Å². The molecular weight excluding hydrogens is 484 g/mol. The number of nitrogens with one attached hydrogen (secondary N) is 1. The number of benzene rings is 3. The highest BCUT2D eigenvalue weighted by molar-refractivity contribution is 5.94. The van der Waals surface area contributed by atoms with E-state index in [0.29, 0.717) is 23.8 Å².